The summed E-state index contributed by atoms with van der Waals surface area (Å²) in [6.45, 7) is 5.30. The van der Waals surface area contributed by atoms with Gasteiger partial charge in [0.2, 0.25) is 5.91 Å². The molecule has 1 atom stereocenters. The minimum Gasteiger partial charge on any atom is -0.458 e. The number of likely N-dealkylation sites (tertiary alicyclic amines) is 1. The molecular formula is C21H26N6O2S. The largest absolute Gasteiger partial charge is 0.458 e. The summed E-state index contributed by atoms with van der Waals surface area (Å²) in [5.41, 5.74) is 0.654. The van der Waals surface area contributed by atoms with Crippen molar-refractivity contribution < 1.29 is 9.21 Å². The standard InChI is InChI=1S/C21H26N6O2S/c1-14-4-5-17(29-14)20-23-16(21-22-7-9-30-21)10-18(25-20)24-19(28)13-27(3)12-15-6-8-26(2)11-15/h4-5,7,9-10,15H,6,8,11-13H2,1-3H3,(H,23,24,25,28). The van der Waals surface area contributed by atoms with Gasteiger partial charge in [0.25, 0.3) is 0 Å². The predicted octanol–water partition coefficient (Wildman–Crippen LogP) is 2.99. The summed E-state index contributed by atoms with van der Waals surface area (Å²) >= 11 is 1.48. The van der Waals surface area contributed by atoms with Crippen molar-refractivity contribution in [3.63, 3.8) is 0 Å². The number of nitrogens with one attached hydrogen (secondary N) is 1. The monoisotopic (exact) mass is 426 g/mol. The Kier molecular flexibility index (Phi) is 6.21. The highest BCUT2D eigenvalue weighted by Crippen LogP contribution is 2.26. The van der Waals surface area contributed by atoms with Gasteiger partial charge in [0.05, 0.1) is 6.54 Å². The number of carbonyl (C=O) groups excluding carboxylic acids is 1. The molecule has 0 aliphatic carbocycles. The molecule has 30 heavy (non-hydrogen) atoms. The van der Waals surface area contributed by atoms with Crippen LogP contribution in [0, 0.1) is 12.8 Å². The van der Waals surface area contributed by atoms with E-state index in [9.17, 15) is 4.79 Å². The number of aromatic nitrogens is 3. The first-order valence-corrected chi connectivity index (χ1v) is 10.9. The maximum atomic E-state index is 12.7. The highest BCUT2D eigenvalue weighted by molar-refractivity contribution is 7.13. The van der Waals surface area contributed by atoms with Gasteiger partial charge in [-0.3, -0.25) is 9.69 Å². The molecule has 1 fully saturated rings. The number of anilines is 1. The summed E-state index contributed by atoms with van der Waals surface area (Å²) in [6, 6.07) is 5.44. The van der Waals surface area contributed by atoms with Gasteiger partial charge < -0.3 is 14.6 Å². The molecule has 0 aromatic carbocycles. The Morgan fingerprint density at radius 3 is 2.93 bits per heavy atom. The first kappa shape index (κ1) is 20.6. The zero-order valence-electron chi connectivity index (χ0n) is 17.5. The van der Waals surface area contributed by atoms with Gasteiger partial charge in [0.15, 0.2) is 11.6 Å². The summed E-state index contributed by atoms with van der Waals surface area (Å²) in [7, 11) is 4.12. The van der Waals surface area contributed by atoms with Gasteiger partial charge in [-0.15, -0.1) is 11.3 Å². The number of likely N-dealkylation sites (N-methyl/N-ethyl adjacent to an activating group) is 1. The molecule has 1 aliphatic heterocycles. The van der Waals surface area contributed by atoms with E-state index >= 15 is 0 Å². The van der Waals surface area contributed by atoms with Crippen molar-refractivity contribution in [2.24, 2.45) is 5.92 Å². The van der Waals surface area contributed by atoms with Crippen molar-refractivity contribution >= 4 is 23.1 Å². The SMILES string of the molecule is Cc1ccc(-c2nc(NC(=O)CN(C)CC3CCN(C)C3)cc(-c3nccs3)n2)o1. The second-order valence-corrected chi connectivity index (χ2v) is 8.77. The van der Waals surface area contributed by atoms with Crippen LogP contribution in [0.25, 0.3) is 22.3 Å². The maximum Gasteiger partial charge on any atom is 0.239 e. The van der Waals surface area contributed by atoms with Gasteiger partial charge in [-0.1, -0.05) is 0 Å². The minimum absolute atomic E-state index is 0.103. The first-order chi connectivity index (χ1) is 14.5. The van der Waals surface area contributed by atoms with E-state index in [0.717, 1.165) is 30.4 Å². The van der Waals surface area contributed by atoms with Crippen LogP contribution in [0.3, 0.4) is 0 Å². The highest BCUT2D eigenvalue weighted by atomic mass is 32.1. The predicted molar refractivity (Wildman–Crippen MR) is 117 cm³/mol. The van der Waals surface area contributed by atoms with Crippen molar-refractivity contribution in [3.8, 4) is 22.3 Å². The van der Waals surface area contributed by atoms with Crippen LogP contribution in [-0.2, 0) is 4.79 Å². The van der Waals surface area contributed by atoms with Gasteiger partial charge in [0.1, 0.15) is 22.3 Å². The molecule has 0 spiro atoms. The number of rotatable bonds is 7. The Hall–Kier alpha value is -2.62. The lowest BCUT2D eigenvalue weighted by Crippen LogP contribution is -2.34. The van der Waals surface area contributed by atoms with Crippen LogP contribution in [0.15, 0.2) is 34.2 Å². The molecular weight excluding hydrogens is 400 g/mol. The molecule has 3 aromatic heterocycles. The summed E-state index contributed by atoms with van der Waals surface area (Å²) in [5, 5.41) is 5.57. The molecule has 1 aliphatic rings. The molecule has 4 heterocycles. The van der Waals surface area contributed by atoms with E-state index in [1.54, 1.807) is 12.3 Å². The van der Waals surface area contributed by atoms with Crippen LogP contribution in [0.2, 0.25) is 0 Å². The number of aryl methyl sites for hydroxylation is 1. The fourth-order valence-corrected chi connectivity index (χ4v) is 4.34. The van der Waals surface area contributed by atoms with Crippen molar-refractivity contribution in [1.82, 2.24) is 24.8 Å². The van der Waals surface area contributed by atoms with Crippen LogP contribution in [-0.4, -0.2) is 70.9 Å². The normalized spacial score (nSPS) is 17.0. The summed E-state index contributed by atoms with van der Waals surface area (Å²) in [6.07, 6.45) is 2.91. The van der Waals surface area contributed by atoms with Gasteiger partial charge in [-0.05, 0) is 52.0 Å². The van der Waals surface area contributed by atoms with Crippen LogP contribution >= 0.6 is 11.3 Å². The average molecular weight is 427 g/mol. The van der Waals surface area contributed by atoms with Crippen molar-refractivity contribution in [1.29, 1.82) is 0 Å². The Labute approximate surface area is 180 Å². The van der Waals surface area contributed by atoms with Crippen LogP contribution < -0.4 is 5.32 Å². The van der Waals surface area contributed by atoms with Crippen molar-refractivity contribution in [2.75, 3.05) is 45.6 Å². The van der Waals surface area contributed by atoms with E-state index in [1.165, 1.54) is 17.8 Å². The van der Waals surface area contributed by atoms with E-state index in [-0.39, 0.29) is 5.91 Å². The van der Waals surface area contributed by atoms with Gasteiger partial charge in [-0.25, -0.2) is 15.0 Å². The van der Waals surface area contributed by atoms with Crippen molar-refractivity contribution in [3.05, 3.63) is 35.5 Å². The van der Waals surface area contributed by atoms with E-state index < -0.39 is 0 Å². The lowest BCUT2D eigenvalue weighted by Gasteiger charge is -2.20. The smallest absolute Gasteiger partial charge is 0.239 e. The van der Waals surface area contributed by atoms with Gasteiger partial charge >= 0.3 is 0 Å². The lowest BCUT2D eigenvalue weighted by atomic mass is 10.1. The van der Waals surface area contributed by atoms with Crippen LogP contribution in [0.1, 0.15) is 12.2 Å². The zero-order chi connectivity index (χ0) is 21.1. The molecule has 0 radical (unpaired) electrons. The molecule has 0 bridgehead atoms. The number of hydrogen-bond donors (Lipinski definition) is 1. The first-order valence-electron chi connectivity index (χ1n) is 9.99. The lowest BCUT2D eigenvalue weighted by molar-refractivity contribution is -0.117. The van der Waals surface area contributed by atoms with E-state index in [2.05, 4.69) is 37.1 Å². The fraction of sp³-hybridized carbons (Fsp3) is 0.429. The van der Waals surface area contributed by atoms with E-state index in [0.29, 0.717) is 35.6 Å². The second kappa shape index (κ2) is 9.03. The number of hydrogen-bond acceptors (Lipinski definition) is 8. The van der Waals surface area contributed by atoms with Gasteiger partial charge in [-0.2, -0.15) is 0 Å². The highest BCUT2D eigenvalue weighted by Gasteiger charge is 2.22. The van der Waals surface area contributed by atoms with Crippen molar-refractivity contribution in [2.45, 2.75) is 13.3 Å². The van der Waals surface area contributed by atoms with Crippen LogP contribution in [0.5, 0.6) is 0 Å². The molecule has 4 rings (SSSR count). The Morgan fingerprint density at radius 2 is 2.27 bits per heavy atom. The molecule has 1 saturated heterocycles. The number of nitrogens with zero attached hydrogens (tertiary/aromatic N) is 5. The third kappa shape index (κ3) is 5.10. The second-order valence-electron chi connectivity index (χ2n) is 7.87. The summed E-state index contributed by atoms with van der Waals surface area (Å²) < 4.78 is 5.68. The molecule has 1 amide bonds. The van der Waals surface area contributed by atoms with E-state index in [4.69, 9.17) is 4.42 Å². The number of furan rings is 1. The summed E-state index contributed by atoms with van der Waals surface area (Å²) in [4.78, 5) is 30.5. The molecule has 9 heteroatoms. The average Bonchev–Trinajstić information content (AvgIpc) is 3.44. The Balaban J connectivity index is 1.48. The van der Waals surface area contributed by atoms with E-state index in [1.807, 2.05) is 31.5 Å². The minimum atomic E-state index is -0.103. The Bertz CT molecular complexity index is 1000. The van der Waals surface area contributed by atoms with Crippen LogP contribution in [0.4, 0.5) is 5.82 Å². The molecule has 8 nitrogen and oxygen atoms in total. The zero-order valence-corrected chi connectivity index (χ0v) is 18.3. The van der Waals surface area contributed by atoms with Gasteiger partial charge in [0, 0.05) is 30.7 Å². The molecule has 0 saturated carbocycles. The molecule has 158 valence electrons. The molecule has 1 N–H and O–H groups in total. The Morgan fingerprint density at radius 1 is 1.40 bits per heavy atom. The third-order valence-corrected chi connectivity index (χ3v) is 5.87. The quantitative estimate of drug-likeness (QED) is 0.621. The summed E-state index contributed by atoms with van der Waals surface area (Å²) in [5.74, 6) is 2.71. The topological polar surface area (TPSA) is 87.4 Å². The number of amides is 1. The number of carbonyl (C=O) groups is 1. The molecule has 1 unspecified atom stereocenters. The fourth-order valence-electron chi connectivity index (χ4n) is 3.74. The maximum absolute atomic E-state index is 12.7. The molecule has 3 aromatic rings. The number of thiazole rings is 1. The third-order valence-electron chi connectivity index (χ3n) is 5.08.